The van der Waals surface area contributed by atoms with Gasteiger partial charge in [0, 0.05) is 5.92 Å². The van der Waals surface area contributed by atoms with Gasteiger partial charge in [-0.05, 0) is 41.5 Å². The Kier molecular flexibility index (Phi) is 8.18. The van der Waals surface area contributed by atoms with Crippen LogP contribution in [0.4, 0.5) is 4.79 Å². The summed E-state index contributed by atoms with van der Waals surface area (Å²) in [6.07, 6.45) is 0.568. The lowest BCUT2D eigenvalue weighted by molar-refractivity contribution is -0.134. The number of hydrogen-bond donors (Lipinski definition) is 2. The Balaban J connectivity index is 1.62. The van der Waals surface area contributed by atoms with Gasteiger partial charge in [-0.15, -0.1) is 0 Å². The van der Waals surface area contributed by atoms with Gasteiger partial charge in [-0.1, -0.05) is 62.4 Å². The van der Waals surface area contributed by atoms with E-state index in [9.17, 15) is 14.4 Å². The minimum Gasteiger partial charge on any atom is -0.462 e. The minimum atomic E-state index is -0.861. The second kappa shape index (κ2) is 11.3. The van der Waals surface area contributed by atoms with E-state index in [-0.39, 0.29) is 25.0 Å². The number of esters is 1. The molecule has 0 aliphatic heterocycles. The van der Waals surface area contributed by atoms with Gasteiger partial charge in [0.05, 0.1) is 6.61 Å². The highest BCUT2D eigenvalue weighted by molar-refractivity contribution is 6.23. The zero-order chi connectivity index (χ0) is 23.8. The number of carbonyl (C=O) groups is 3. The smallest absolute Gasteiger partial charge is 0.407 e. The summed E-state index contributed by atoms with van der Waals surface area (Å²) in [5.41, 5.74) is 6.76. The van der Waals surface area contributed by atoms with E-state index < -0.39 is 24.0 Å². The zero-order valence-electron chi connectivity index (χ0n) is 19.0. The number of fused-ring (bicyclic) bond motifs is 3. The third-order valence-electron chi connectivity index (χ3n) is 5.29. The van der Waals surface area contributed by atoms with Gasteiger partial charge < -0.3 is 14.8 Å². The van der Waals surface area contributed by atoms with Crippen molar-refractivity contribution < 1.29 is 23.9 Å². The number of hydrazone groups is 1. The van der Waals surface area contributed by atoms with Crippen LogP contribution < -0.4 is 10.7 Å². The number of hydrogen-bond acceptors (Lipinski definition) is 6. The number of benzene rings is 2. The van der Waals surface area contributed by atoms with Gasteiger partial charge >= 0.3 is 12.1 Å². The largest absolute Gasteiger partial charge is 0.462 e. The highest BCUT2D eigenvalue weighted by Crippen LogP contribution is 2.44. The molecule has 8 nitrogen and oxygen atoms in total. The Morgan fingerprint density at radius 1 is 1.00 bits per heavy atom. The van der Waals surface area contributed by atoms with Gasteiger partial charge in [0.25, 0.3) is 5.91 Å². The molecule has 0 fully saturated rings. The van der Waals surface area contributed by atoms with E-state index in [1.54, 1.807) is 6.92 Å². The van der Waals surface area contributed by atoms with Crippen LogP contribution in [-0.4, -0.2) is 43.4 Å². The second-order valence-corrected chi connectivity index (χ2v) is 8.14. The van der Waals surface area contributed by atoms with E-state index in [0.29, 0.717) is 6.42 Å². The Labute approximate surface area is 193 Å². The van der Waals surface area contributed by atoms with Crippen LogP contribution in [0.1, 0.15) is 44.2 Å². The van der Waals surface area contributed by atoms with Crippen LogP contribution in [0.5, 0.6) is 0 Å². The Hall–Kier alpha value is -3.68. The number of nitrogens with zero attached hydrogens (tertiary/aromatic N) is 1. The van der Waals surface area contributed by atoms with Crippen LogP contribution >= 0.6 is 0 Å². The number of nitrogens with one attached hydrogen (secondary N) is 2. The molecule has 3 rings (SSSR count). The maximum atomic E-state index is 12.6. The van der Waals surface area contributed by atoms with E-state index in [1.807, 2.05) is 50.2 Å². The summed E-state index contributed by atoms with van der Waals surface area (Å²) in [5, 5.41) is 6.21. The summed E-state index contributed by atoms with van der Waals surface area (Å²) in [6.45, 7) is 5.89. The fourth-order valence-corrected chi connectivity index (χ4v) is 3.89. The molecule has 2 aromatic carbocycles. The molecule has 2 amide bonds. The highest BCUT2D eigenvalue weighted by atomic mass is 16.5. The first-order valence-electron chi connectivity index (χ1n) is 11.0. The normalized spacial score (nSPS) is 13.3. The molecule has 2 aromatic rings. The predicted molar refractivity (Wildman–Crippen MR) is 125 cm³/mol. The monoisotopic (exact) mass is 451 g/mol. The molecule has 8 heteroatoms. The summed E-state index contributed by atoms with van der Waals surface area (Å²) in [4.78, 5) is 36.4. The molecule has 0 saturated carbocycles. The van der Waals surface area contributed by atoms with Crippen molar-refractivity contribution in [3.05, 3.63) is 59.7 Å². The van der Waals surface area contributed by atoms with Crippen molar-refractivity contribution in [2.75, 3.05) is 13.2 Å². The predicted octanol–water partition coefficient (Wildman–Crippen LogP) is 3.60. The lowest BCUT2D eigenvalue weighted by Crippen LogP contribution is -2.46. The van der Waals surface area contributed by atoms with Crippen molar-refractivity contribution >= 4 is 24.2 Å². The van der Waals surface area contributed by atoms with E-state index >= 15 is 0 Å². The Bertz CT molecular complexity index is 989. The molecular weight excluding hydrogens is 422 g/mol. The molecule has 0 unspecified atom stereocenters. The molecule has 0 radical (unpaired) electrons. The molecule has 33 heavy (non-hydrogen) atoms. The maximum absolute atomic E-state index is 12.6. The van der Waals surface area contributed by atoms with Gasteiger partial charge in [0.2, 0.25) is 0 Å². The van der Waals surface area contributed by atoms with Crippen molar-refractivity contribution in [3.8, 4) is 11.1 Å². The molecule has 0 spiro atoms. The lowest BCUT2D eigenvalue weighted by atomic mass is 9.98. The molecule has 1 atom stereocenters. The minimum absolute atomic E-state index is 0.0743. The molecule has 1 aliphatic carbocycles. The standard InChI is InChI=1S/C25H29N3O5/c1-4-32-23(29)14-26-28-24(30)22(13-16(2)3)27-25(31)33-15-21-19-11-7-5-9-17(19)18-10-6-8-12-20(18)21/h5-12,14,16,21-22H,4,13,15H2,1-3H3,(H,27,31)(H,28,30)/t22-/m0/s1. The quantitative estimate of drug-likeness (QED) is 0.344. The number of alkyl carbamates (subject to hydrolysis) is 1. The van der Waals surface area contributed by atoms with Gasteiger partial charge in [0.1, 0.15) is 18.9 Å². The van der Waals surface area contributed by atoms with Crippen LogP contribution in [0.2, 0.25) is 0 Å². The summed E-state index contributed by atoms with van der Waals surface area (Å²) in [5.74, 6) is -1.15. The fourth-order valence-electron chi connectivity index (χ4n) is 3.89. The average Bonchev–Trinajstić information content (AvgIpc) is 3.11. The van der Waals surface area contributed by atoms with Gasteiger partial charge in [0.15, 0.2) is 0 Å². The van der Waals surface area contributed by atoms with Crippen LogP contribution in [0.15, 0.2) is 53.6 Å². The molecule has 2 N–H and O–H groups in total. The maximum Gasteiger partial charge on any atom is 0.407 e. The molecular formula is C25H29N3O5. The molecule has 0 bridgehead atoms. The van der Waals surface area contributed by atoms with Crippen molar-refractivity contribution in [1.29, 1.82) is 0 Å². The van der Waals surface area contributed by atoms with Crippen LogP contribution in [0.3, 0.4) is 0 Å². The van der Waals surface area contributed by atoms with E-state index in [4.69, 9.17) is 9.47 Å². The number of ether oxygens (including phenoxy) is 2. The summed E-state index contributed by atoms with van der Waals surface area (Å²) in [6, 6.07) is 15.3. The van der Waals surface area contributed by atoms with Gasteiger partial charge in [-0.3, -0.25) is 4.79 Å². The first-order chi connectivity index (χ1) is 15.9. The SMILES string of the molecule is CCOC(=O)C=NNC(=O)[C@H](CC(C)C)NC(=O)OCC1c2ccccc2-c2ccccc21. The molecule has 1 aliphatic rings. The lowest BCUT2D eigenvalue weighted by Gasteiger charge is -2.20. The second-order valence-electron chi connectivity index (χ2n) is 8.14. The van der Waals surface area contributed by atoms with Crippen molar-refractivity contribution in [2.24, 2.45) is 11.0 Å². The van der Waals surface area contributed by atoms with Crippen molar-refractivity contribution in [2.45, 2.75) is 39.2 Å². The van der Waals surface area contributed by atoms with Crippen LogP contribution in [-0.2, 0) is 19.1 Å². The fraction of sp³-hybridized carbons (Fsp3) is 0.360. The first-order valence-corrected chi connectivity index (χ1v) is 11.0. The van der Waals surface area contributed by atoms with Crippen molar-refractivity contribution in [3.63, 3.8) is 0 Å². The van der Waals surface area contributed by atoms with Crippen LogP contribution in [0, 0.1) is 5.92 Å². The van der Waals surface area contributed by atoms with E-state index in [1.165, 1.54) is 0 Å². The summed E-state index contributed by atoms with van der Waals surface area (Å²) < 4.78 is 10.2. The van der Waals surface area contributed by atoms with Crippen LogP contribution in [0.25, 0.3) is 11.1 Å². The number of carbonyl (C=O) groups excluding carboxylic acids is 3. The highest BCUT2D eigenvalue weighted by Gasteiger charge is 2.30. The zero-order valence-corrected chi connectivity index (χ0v) is 19.0. The average molecular weight is 452 g/mol. The number of amides is 2. The Morgan fingerprint density at radius 2 is 1.61 bits per heavy atom. The summed E-state index contributed by atoms with van der Waals surface area (Å²) >= 11 is 0. The molecule has 0 heterocycles. The first kappa shape index (κ1) is 24.0. The summed E-state index contributed by atoms with van der Waals surface area (Å²) in [7, 11) is 0. The van der Waals surface area contributed by atoms with E-state index in [0.717, 1.165) is 28.5 Å². The number of rotatable bonds is 9. The molecule has 0 saturated heterocycles. The topological polar surface area (TPSA) is 106 Å². The molecule has 0 aromatic heterocycles. The third-order valence-corrected chi connectivity index (χ3v) is 5.29. The molecule has 174 valence electrons. The Morgan fingerprint density at radius 3 is 2.18 bits per heavy atom. The van der Waals surface area contributed by atoms with Gasteiger partial charge in [-0.2, -0.15) is 5.10 Å². The van der Waals surface area contributed by atoms with Crippen molar-refractivity contribution in [1.82, 2.24) is 10.7 Å². The third kappa shape index (κ3) is 6.19. The van der Waals surface area contributed by atoms with E-state index in [2.05, 4.69) is 28.0 Å². The van der Waals surface area contributed by atoms with Gasteiger partial charge in [-0.25, -0.2) is 15.0 Å².